The van der Waals surface area contributed by atoms with Crippen molar-refractivity contribution in [3.8, 4) is 0 Å². The van der Waals surface area contributed by atoms with E-state index in [1.807, 2.05) is 0 Å². The van der Waals surface area contributed by atoms with E-state index >= 15 is 0 Å². The molecule has 88 valence electrons. The summed E-state index contributed by atoms with van der Waals surface area (Å²) in [5.41, 5.74) is 0. The second kappa shape index (κ2) is 4.17. The first-order chi connectivity index (χ1) is 6.70. The Morgan fingerprint density at radius 3 is 2.13 bits per heavy atom. The van der Waals surface area contributed by atoms with Crippen LogP contribution in [-0.2, 0) is 24.9 Å². The van der Waals surface area contributed by atoms with Gasteiger partial charge in [0.25, 0.3) is 0 Å². The van der Waals surface area contributed by atoms with Gasteiger partial charge in [-0.1, -0.05) is 0 Å². The number of sulfone groups is 1. The molecule has 5 nitrogen and oxygen atoms in total. The minimum Gasteiger partial charge on any atom is -0.298 e. The number of carbonyl (C=O) groups is 1. The van der Waals surface area contributed by atoms with Crippen LogP contribution >= 0.6 is 0 Å². The summed E-state index contributed by atoms with van der Waals surface area (Å²) >= 11 is 0. The van der Waals surface area contributed by atoms with E-state index in [4.69, 9.17) is 0 Å². The van der Waals surface area contributed by atoms with Crippen LogP contribution in [0.3, 0.4) is 0 Å². The van der Waals surface area contributed by atoms with Gasteiger partial charge in [0.05, 0.1) is 11.5 Å². The van der Waals surface area contributed by atoms with Crippen molar-refractivity contribution in [2.75, 3.05) is 17.3 Å². The van der Waals surface area contributed by atoms with Gasteiger partial charge in [0.2, 0.25) is 0 Å². The molecule has 0 saturated carbocycles. The zero-order valence-corrected chi connectivity index (χ0v) is 9.48. The summed E-state index contributed by atoms with van der Waals surface area (Å²) in [5.74, 6) is -2.77. The highest BCUT2D eigenvalue weighted by molar-refractivity contribution is 7.91. The topological polar surface area (TPSA) is 85.3 Å². The molecule has 0 aromatic carbocycles. The molecular formula is C7H11FO5S2. The lowest BCUT2D eigenvalue weighted by Gasteiger charge is -2.19. The van der Waals surface area contributed by atoms with Gasteiger partial charge in [-0.2, -0.15) is 8.42 Å². The Morgan fingerprint density at radius 1 is 1.27 bits per heavy atom. The molecule has 0 bridgehead atoms. The highest BCUT2D eigenvalue weighted by Crippen LogP contribution is 2.20. The van der Waals surface area contributed by atoms with Crippen LogP contribution < -0.4 is 0 Å². The summed E-state index contributed by atoms with van der Waals surface area (Å²) in [7, 11) is -7.89. The van der Waals surface area contributed by atoms with Crippen molar-refractivity contribution in [3.05, 3.63) is 0 Å². The van der Waals surface area contributed by atoms with Gasteiger partial charge >= 0.3 is 10.2 Å². The van der Waals surface area contributed by atoms with Gasteiger partial charge in [0.15, 0.2) is 5.78 Å². The first-order valence-electron chi connectivity index (χ1n) is 4.35. The molecule has 0 aliphatic carbocycles. The number of halogens is 1. The molecule has 8 heteroatoms. The lowest BCUT2D eigenvalue weighted by molar-refractivity contribution is -0.120. The van der Waals surface area contributed by atoms with Crippen molar-refractivity contribution >= 4 is 25.8 Å². The number of carbonyl (C=O) groups excluding carboxylic acids is 1. The first kappa shape index (κ1) is 12.6. The third kappa shape index (κ3) is 4.25. The molecule has 0 spiro atoms. The van der Waals surface area contributed by atoms with Crippen LogP contribution in [0.2, 0.25) is 0 Å². The Balaban J connectivity index is 2.58. The predicted octanol–water partition coefficient (Wildman–Crippen LogP) is -0.320. The van der Waals surface area contributed by atoms with Gasteiger partial charge in [0.1, 0.15) is 15.6 Å². The minimum absolute atomic E-state index is 0.0939. The quantitative estimate of drug-likeness (QED) is 0.648. The summed E-state index contributed by atoms with van der Waals surface area (Å²) in [6.45, 7) is 0. The molecule has 0 atom stereocenters. The van der Waals surface area contributed by atoms with Gasteiger partial charge in [0, 0.05) is 5.92 Å². The highest BCUT2D eigenvalue weighted by Gasteiger charge is 2.30. The van der Waals surface area contributed by atoms with Crippen molar-refractivity contribution in [3.63, 3.8) is 0 Å². The zero-order valence-electron chi connectivity index (χ0n) is 7.85. The SMILES string of the molecule is O=C(CS(=O)(=O)F)C1CCS(=O)(=O)CC1. The van der Waals surface area contributed by atoms with E-state index in [-0.39, 0.29) is 24.3 Å². The van der Waals surface area contributed by atoms with Crippen molar-refractivity contribution in [2.24, 2.45) is 5.92 Å². The lowest BCUT2D eigenvalue weighted by atomic mass is 9.99. The second-order valence-corrected chi connectivity index (χ2v) is 7.25. The fourth-order valence-electron chi connectivity index (χ4n) is 1.50. The molecule has 1 aliphatic rings. The van der Waals surface area contributed by atoms with Crippen LogP contribution in [0.25, 0.3) is 0 Å². The fraction of sp³-hybridized carbons (Fsp3) is 0.857. The summed E-state index contributed by atoms with van der Waals surface area (Å²) in [5, 5.41) is 0. The maximum Gasteiger partial charge on any atom is 0.309 e. The van der Waals surface area contributed by atoms with Crippen molar-refractivity contribution in [2.45, 2.75) is 12.8 Å². The number of hydrogen-bond acceptors (Lipinski definition) is 5. The number of hydrogen-bond donors (Lipinski definition) is 0. The summed E-state index contributed by atoms with van der Waals surface area (Å²) in [4.78, 5) is 11.2. The molecule has 1 fully saturated rings. The fourth-order valence-corrected chi connectivity index (χ4v) is 3.57. The molecule has 1 aliphatic heterocycles. The Bertz CT molecular complexity index is 436. The molecule has 0 unspecified atom stereocenters. The smallest absolute Gasteiger partial charge is 0.298 e. The van der Waals surface area contributed by atoms with E-state index in [1.165, 1.54) is 0 Å². The number of ketones is 1. The van der Waals surface area contributed by atoms with Crippen LogP contribution in [0.5, 0.6) is 0 Å². The van der Waals surface area contributed by atoms with Crippen LogP contribution in [0.15, 0.2) is 0 Å². The Hall–Kier alpha value is -0.500. The van der Waals surface area contributed by atoms with E-state index in [1.54, 1.807) is 0 Å². The van der Waals surface area contributed by atoms with E-state index in [2.05, 4.69) is 0 Å². The van der Waals surface area contributed by atoms with Crippen LogP contribution in [-0.4, -0.2) is 39.9 Å². The second-order valence-electron chi connectivity index (χ2n) is 3.58. The lowest BCUT2D eigenvalue weighted by Crippen LogP contribution is -2.31. The largest absolute Gasteiger partial charge is 0.309 e. The third-order valence-electron chi connectivity index (χ3n) is 2.32. The maximum absolute atomic E-state index is 12.2. The molecule has 0 aromatic heterocycles. The van der Waals surface area contributed by atoms with Crippen molar-refractivity contribution < 1.29 is 25.5 Å². The Kier molecular flexibility index (Phi) is 3.49. The first-order valence-corrected chi connectivity index (χ1v) is 7.72. The number of Topliss-reactive ketones (excluding diaryl/α,β-unsaturated/α-hetero) is 1. The van der Waals surface area contributed by atoms with E-state index in [9.17, 15) is 25.5 Å². The van der Waals surface area contributed by atoms with Crippen LogP contribution in [0.1, 0.15) is 12.8 Å². The van der Waals surface area contributed by atoms with Gasteiger partial charge in [-0.15, -0.1) is 3.89 Å². The van der Waals surface area contributed by atoms with Crippen molar-refractivity contribution in [1.82, 2.24) is 0 Å². The molecule has 0 amide bonds. The highest BCUT2D eigenvalue weighted by atomic mass is 32.3. The molecule has 1 heterocycles. The normalized spacial score (nSPS) is 22.5. The van der Waals surface area contributed by atoms with Gasteiger partial charge in [-0.05, 0) is 12.8 Å². The van der Waals surface area contributed by atoms with Gasteiger partial charge in [-0.3, -0.25) is 4.79 Å². The predicted molar refractivity (Wildman–Crippen MR) is 51.3 cm³/mol. The standard InChI is InChI=1S/C7H11FO5S2/c8-15(12,13)5-7(9)6-1-3-14(10,11)4-2-6/h6H,1-5H2. The maximum atomic E-state index is 12.2. The monoisotopic (exact) mass is 258 g/mol. The van der Waals surface area contributed by atoms with Crippen molar-refractivity contribution in [1.29, 1.82) is 0 Å². The number of rotatable bonds is 3. The molecule has 0 aromatic rings. The van der Waals surface area contributed by atoms with Gasteiger partial charge in [-0.25, -0.2) is 8.42 Å². The molecule has 0 radical (unpaired) electrons. The van der Waals surface area contributed by atoms with Crippen LogP contribution in [0.4, 0.5) is 3.89 Å². The average molecular weight is 258 g/mol. The molecule has 15 heavy (non-hydrogen) atoms. The minimum atomic E-state index is -4.80. The molecule has 1 saturated heterocycles. The molecule has 0 N–H and O–H groups in total. The van der Waals surface area contributed by atoms with Gasteiger partial charge < -0.3 is 0 Å². The zero-order chi connectivity index (χ0) is 11.7. The van der Waals surface area contributed by atoms with E-state index in [0.29, 0.717) is 0 Å². The summed E-state index contributed by atoms with van der Waals surface area (Å²) in [6.07, 6.45) is 0.188. The summed E-state index contributed by atoms with van der Waals surface area (Å²) in [6, 6.07) is 0. The van der Waals surface area contributed by atoms with E-state index in [0.717, 1.165) is 0 Å². The van der Waals surface area contributed by atoms with E-state index < -0.39 is 37.5 Å². The molecular weight excluding hydrogens is 247 g/mol. The Morgan fingerprint density at radius 2 is 1.73 bits per heavy atom. The summed E-state index contributed by atoms with van der Waals surface area (Å²) < 4.78 is 54.6. The van der Waals surface area contributed by atoms with Crippen LogP contribution in [0, 0.1) is 5.92 Å². The third-order valence-corrected chi connectivity index (χ3v) is 4.67. The Labute approximate surface area is 87.8 Å². The molecule has 1 rings (SSSR count). The average Bonchev–Trinajstić information content (AvgIpc) is 2.00.